The number of thiazole rings is 1. The van der Waals surface area contributed by atoms with Crippen LogP contribution < -0.4 is 9.64 Å². The monoisotopic (exact) mass is 469 g/mol. The topological polar surface area (TPSA) is 54.9 Å². The predicted molar refractivity (Wildman–Crippen MR) is 131 cm³/mol. The zero-order valence-corrected chi connectivity index (χ0v) is 20.4. The minimum Gasteiger partial charge on any atom is -0.497 e. The molecule has 4 aliphatic carbocycles. The summed E-state index contributed by atoms with van der Waals surface area (Å²) in [7, 11) is 1.68. The van der Waals surface area contributed by atoms with Crippen LogP contribution >= 0.6 is 11.3 Å². The van der Waals surface area contributed by atoms with E-state index in [-0.39, 0.29) is 5.41 Å². The van der Waals surface area contributed by atoms with E-state index in [4.69, 9.17) is 14.5 Å². The Hall–Kier alpha value is -1.70. The molecule has 0 spiro atoms. The van der Waals surface area contributed by atoms with Gasteiger partial charge in [-0.25, -0.2) is 4.98 Å². The van der Waals surface area contributed by atoms with E-state index < -0.39 is 0 Å². The molecule has 1 amide bonds. The highest BCUT2D eigenvalue weighted by Crippen LogP contribution is 2.60. The Bertz CT molecular complexity index is 980. The zero-order chi connectivity index (χ0) is 22.4. The number of ether oxygens (including phenoxy) is 2. The minimum atomic E-state index is -0.150. The van der Waals surface area contributed by atoms with Crippen molar-refractivity contribution in [3.05, 3.63) is 18.2 Å². The molecule has 0 atom stereocenters. The third kappa shape index (κ3) is 4.17. The Labute approximate surface area is 200 Å². The van der Waals surface area contributed by atoms with Gasteiger partial charge < -0.3 is 9.47 Å². The number of amides is 1. The lowest BCUT2D eigenvalue weighted by Gasteiger charge is -2.56. The fraction of sp³-hybridized carbons (Fsp3) is 0.692. The van der Waals surface area contributed by atoms with Crippen LogP contribution in [0.25, 0.3) is 10.2 Å². The van der Waals surface area contributed by atoms with Gasteiger partial charge in [-0.1, -0.05) is 11.3 Å². The molecule has 1 aromatic heterocycles. The van der Waals surface area contributed by atoms with Crippen molar-refractivity contribution in [2.24, 2.45) is 23.2 Å². The number of rotatable bonds is 7. The lowest BCUT2D eigenvalue weighted by molar-refractivity contribution is -0.143. The molecule has 0 radical (unpaired) electrons. The molecule has 4 saturated carbocycles. The number of aromatic nitrogens is 1. The largest absolute Gasteiger partial charge is 0.497 e. The Morgan fingerprint density at radius 2 is 1.88 bits per heavy atom. The molecule has 7 rings (SSSR count). The summed E-state index contributed by atoms with van der Waals surface area (Å²) in [5.74, 6) is 3.44. The molecular weight excluding hydrogens is 434 g/mol. The molecule has 0 N–H and O–H groups in total. The zero-order valence-electron chi connectivity index (χ0n) is 19.6. The van der Waals surface area contributed by atoms with Gasteiger partial charge in [0.2, 0.25) is 5.91 Å². The van der Waals surface area contributed by atoms with Gasteiger partial charge in [0.15, 0.2) is 5.13 Å². The SMILES string of the molecule is COc1ccc2sc(N(CCCN3CCOCC3)C(=O)C34CC5CC(CC(C5)C3)C4)nc2c1. The summed E-state index contributed by atoms with van der Waals surface area (Å²) in [5.41, 5.74) is 0.773. The van der Waals surface area contributed by atoms with Crippen molar-refractivity contribution in [1.82, 2.24) is 9.88 Å². The minimum absolute atomic E-state index is 0.150. The van der Waals surface area contributed by atoms with Gasteiger partial charge in [-0.15, -0.1) is 0 Å². The summed E-state index contributed by atoms with van der Waals surface area (Å²) in [6, 6.07) is 6.03. The number of morpholine rings is 1. The number of nitrogens with zero attached hydrogens (tertiary/aromatic N) is 3. The van der Waals surface area contributed by atoms with Gasteiger partial charge in [-0.05, 0) is 74.8 Å². The van der Waals surface area contributed by atoms with E-state index in [9.17, 15) is 4.79 Å². The molecule has 1 saturated heterocycles. The predicted octanol–water partition coefficient (Wildman–Crippen LogP) is 4.58. The van der Waals surface area contributed by atoms with Gasteiger partial charge >= 0.3 is 0 Å². The average Bonchev–Trinajstić information content (AvgIpc) is 3.24. The van der Waals surface area contributed by atoms with E-state index in [1.807, 2.05) is 12.1 Å². The van der Waals surface area contributed by atoms with Crippen molar-refractivity contribution >= 4 is 32.6 Å². The molecule has 6 nitrogen and oxygen atoms in total. The molecule has 33 heavy (non-hydrogen) atoms. The Balaban J connectivity index is 1.27. The van der Waals surface area contributed by atoms with Crippen LogP contribution in [-0.2, 0) is 9.53 Å². The van der Waals surface area contributed by atoms with Crippen molar-refractivity contribution in [2.75, 3.05) is 51.4 Å². The molecule has 178 valence electrons. The Kier molecular flexibility index (Phi) is 5.83. The van der Waals surface area contributed by atoms with Gasteiger partial charge in [-0.2, -0.15) is 0 Å². The van der Waals surface area contributed by atoms with Gasteiger partial charge in [0.25, 0.3) is 0 Å². The molecule has 0 unspecified atom stereocenters. The summed E-state index contributed by atoms with van der Waals surface area (Å²) in [4.78, 5) is 23.8. The highest BCUT2D eigenvalue weighted by Gasteiger charge is 2.56. The van der Waals surface area contributed by atoms with Crippen LogP contribution in [0.5, 0.6) is 5.75 Å². The van der Waals surface area contributed by atoms with Gasteiger partial charge in [0.05, 0.1) is 36.0 Å². The summed E-state index contributed by atoms with van der Waals surface area (Å²) in [5, 5.41) is 0.862. The number of fused-ring (bicyclic) bond motifs is 1. The maximum Gasteiger partial charge on any atom is 0.235 e. The third-order valence-electron chi connectivity index (χ3n) is 8.51. The standard InChI is InChI=1S/C26H35N3O3S/c1-31-21-3-4-23-22(14-21)27-25(33-23)29(6-2-5-28-7-9-32-10-8-28)24(30)26-15-18-11-19(16-26)13-20(12-18)17-26/h3-4,14,18-20H,2,5-13,15-17H2,1H3. The summed E-state index contributed by atoms with van der Waals surface area (Å²) < 4.78 is 12.0. The second kappa shape index (κ2) is 8.82. The lowest BCUT2D eigenvalue weighted by Crippen LogP contribution is -2.55. The quantitative estimate of drug-likeness (QED) is 0.594. The van der Waals surface area contributed by atoms with Crippen LogP contribution in [0.4, 0.5) is 5.13 Å². The van der Waals surface area contributed by atoms with E-state index in [0.29, 0.717) is 5.91 Å². The summed E-state index contributed by atoms with van der Waals surface area (Å²) in [6.45, 7) is 5.36. The number of carbonyl (C=O) groups excluding carboxylic acids is 1. The van der Waals surface area contributed by atoms with E-state index in [0.717, 1.165) is 104 Å². The highest BCUT2D eigenvalue weighted by molar-refractivity contribution is 7.22. The van der Waals surface area contributed by atoms with Crippen LogP contribution in [0.3, 0.4) is 0 Å². The maximum atomic E-state index is 14.3. The fourth-order valence-electron chi connectivity index (χ4n) is 7.36. The van der Waals surface area contributed by atoms with Gasteiger partial charge in [-0.3, -0.25) is 14.6 Å². The maximum absolute atomic E-state index is 14.3. The second-order valence-corrected chi connectivity index (χ2v) is 11.8. The molecule has 1 aromatic carbocycles. The number of methoxy groups -OCH3 is 1. The van der Waals surface area contributed by atoms with Crippen LogP contribution in [0, 0.1) is 23.2 Å². The first-order valence-electron chi connectivity index (χ1n) is 12.7. The molecule has 2 heterocycles. The Morgan fingerprint density at radius 3 is 2.55 bits per heavy atom. The van der Waals surface area contributed by atoms with Crippen LogP contribution in [-0.4, -0.2) is 62.3 Å². The van der Waals surface area contributed by atoms with E-state index in [2.05, 4.69) is 15.9 Å². The molecule has 2 aromatic rings. The van der Waals surface area contributed by atoms with Crippen LogP contribution in [0.2, 0.25) is 0 Å². The molecule has 1 aliphatic heterocycles. The number of carbonyl (C=O) groups is 1. The van der Waals surface area contributed by atoms with Crippen LogP contribution in [0.15, 0.2) is 18.2 Å². The van der Waals surface area contributed by atoms with Crippen LogP contribution in [0.1, 0.15) is 44.9 Å². The number of benzene rings is 1. The van der Waals surface area contributed by atoms with Gasteiger partial charge in [0, 0.05) is 32.2 Å². The van der Waals surface area contributed by atoms with Crippen molar-refractivity contribution in [3.8, 4) is 5.75 Å². The van der Waals surface area contributed by atoms with Crippen molar-refractivity contribution in [2.45, 2.75) is 44.9 Å². The Morgan fingerprint density at radius 1 is 1.18 bits per heavy atom. The number of hydrogen-bond acceptors (Lipinski definition) is 6. The second-order valence-electron chi connectivity index (χ2n) is 10.8. The van der Waals surface area contributed by atoms with E-state index >= 15 is 0 Å². The first-order valence-corrected chi connectivity index (χ1v) is 13.5. The molecule has 4 bridgehead atoms. The number of hydrogen-bond donors (Lipinski definition) is 0. The van der Waals surface area contributed by atoms with Crippen molar-refractivity contribution in [3.63, 3.8) is 0 Å². The number of anilines is 1. The van der Waals surface area contributed by atoms with Crippen molar-refractivity contribution in [1.29, 1.82) is 0 Å². The van der Waals surface area contributed by atoms with E-state index in [1.165, 1.54) is 19.3 Å². The lowest BCUT2D eigenvalue weighted by atomic mass is 9.49. The van der Waals surface area contributed by atoms with E-state index in [1.54, 1.807) is 18.4 Å². The first-order chi connectivity index (χ1) is 16.1. The first kappa shape index (κ1) is 21.8. The molecule has 5 aliphatic rings. The normalized spacial score (nSPS) is 31.2. The van der Waals surface area contributed by atoms with Gasteiger partial charge in [0.1, 0.15) is 5.75 Å². The molecular formula is C26H35N3O3S. The summed E-state index contributed by atoms with van der Waals surface area (Å²) in [6.07, 6.45) is 8.31. The molecule has 7 heteroatoms. The highest BCUT2D eigenvalue weighted by atomic mass is 32.1. The smallest absolute Gasteiger partial charge is 0.235 e. The third-order valence-corrected chi connectivity index (χ3v) is 9.57. The fourth-order valence-corrected chi connectivity index (χ4v) is 8.33. The summed E-state index contributed by atoms with van der Waals surface area (Å²) >= 11 is 1.65. The molecule has 5 fully saturated rings. The average molecular weight is 470 g/mol. The van der Waals surface area contributed by atoms with Crippen molar-refractivity contribution < 1.29 is 14.3 Å².